The average molecular weight is 730 g/mol. The molecule has 3 heterocycles. The van der Waals surface area contributed by atoms with E-state index in [4.69, 9.17) is 43.4 Å². The molecule has 13 nitrogen and oxygen atoms in total. The van der Waals surface area contributed by atoms with Crippen molar-refractivity contribution in [2.24, 2.45) is 40.6 Å². The van der Waals surface area contributed by atoms with Gasteiger partial charge in [-0.2, -0.15) is 0 Å². The molecule has 0 unspecified atom stereocenters. The predicted octanol–water partition coefficient (Wildman–Crippen LogP) is 6.24. The smallest absolute Gasteiger partial charge is 0.306 e. The number of nitrogens with zero attached hydrogens (tertiary/aromatic N) is 3. The molecule has 3 saturated heterocycles. The third-order valence-electron chi connectivity index (χ3n) is 12.8. The number of fused-ring (bicyclic) bond motifs is 5. The summed E-state index contributed by atoms with van der Waals surface area (Å²) >= 11 is 0. The zero-order valence-corrected chi connectivity index (χ0v) is 31.8. The number of hydrogen-bond acceptors (Lipinski definition) is 11. The minimum atomic E-state index is -0.611. The number of hydrogen-bond donors (Lipinski definition) is 0. The van der Waals surface area contributed by atoms with Gasteiger partial charge in [-0.05, 0) is 100.0 Å². The molecule has 0 radical (unpaired) electrons. The Kier molecular flexibility index (Phi) is 13.2. The molecule has 52 heavy (non-hydrogen) atoms. The number of Topliss-reactive ketones (excluding diaryl/α,β-unsaturated/α-hetero) is 1. The fourth-order valence-corrected chi connectivity index (χ4v) is 9.94. The number of carbonyl (C=O) groups excluding carboxylic acids is 2. The Labute approximate surface area is 308 Å². The molecule has 3 aliphatic carbocycles. The maximum atomic E-state index is 14.6. The molecule has 4 fully saturated rings. The van der Waals surface area contributed by atoms with Crippen molar-refractivity contribution in [3.05, 3.63) is 34.2 Å². The lowest BCUT2D eigenvalue weighted by Crippen LogP contribution is -2.59. The lowest BCUT2D eigenvalue weighted by Gasteiger charge is -2.44. The van der Waals surface area contributed by atoms with E-state index in [-0.39, 0.29) is 96.5 Å². The summed E-state index contributed by atoms with van der Waals surface area (Å²) in [6.45, 7) is 7.85. The standard InChI is InChI=1S/C39H59N3O10/c1-8-24-10-9-11-32(52-34-15-14-31(41-42-40)21(3)48-34)20(2)35(44)30-18-28-26(29(30)19-33(43)50-24)13-12-23-16-25(17-27(23)28)51-39-38(47-7)37(46-6)36(45-5)22(4)49-39/h12-13,18,20-29,31-32,34,36-39H,8-11,14-17,19H2,1-7H3/t20-,21-,22+,23-,24+,25-,26-,27-,28-,29+,31-,32+,34+,36+,37-,38-,39+/m1/s1. The summed E-state index contributed by atoms with van der Waals surface area (Å²) < 4.78 is 49.1. The fourth-order valence-electron chi connectivity index (χ4n) is 9.94. The van der Waals surface area contributed by atoms with Crippen LogP contribution in [0.25, 0.3) is 10.4 Å². The Morgan fingerprint density at radius 3 is 2.35 bits per heavy atom. The minimum absolute atomic E-state index is 0.0132. The van der Waals surface area contributed by atoms with Crippen molar-refractivity contribution >= 4 is 11.8 Å². The number of ether oxygens (including phenoxy) is 8. The van der Waals surface area contributed by atoms with Crippen LogP contribution in [0.3, 0.4) is 0 Å². The molecule has 0 aromatic carbocycles. The van der Waals surface area contributed by atoms with Crippen molar-refractivity contribution in [2.75, 3.05) is 21.3 Å². The van der Waals surface area contributed by atoms with Gasteiger partial charge in [0.15, 0.2) is 18.4 Å². The Balaban J connectivity index is 1.21. The first-order valence-electron chi connectivity index (χ1n) is 19.5. The second-order valence-corrected chi connectivity index (χ2v) is 15.7. The molecular formula is C39H59N3O10. The van der Waals surface area contributed by atoms with Gasteiger partial charge in [0, 0.05) is 38.1 Å². The summed E-state index contributed by atoms with van der Waals surface area (Å²) in [4.78, 5) is 31.0. The molecule has 0 N–H and O–H groups in total. The number of rotatable bonds is 9. The van der Waals surface area contributed by atoms with Crippen molar-refractivity contribution in [3.63, 3.8) is 0 Å². The summed E-state index contributed by atoms with van der Waals surface area (Å²) in [7, 11) is 4.94. The van der Waals surface area contributed by atoms with Crippen molar-refractivity contribution in [1.82, 2.24) is 0 Å². The van der Waals surface area contributed by atoms with Crippen LogP contribution in [0.5, 0.6) is 0 Å². The molecule has 0 amide bonds. The molecule has 17 atom stereocenters. The average Bonchev–Trinajstić information content (AvgIpc) is 3.71. The van der Waals surface area contributed by atoms with E-state index in [2.05, 4.69) is 28.3 Å². The van der Waals surface area contributed by atoms with Gasteiger partial charge in [-0.1, -0.05) is 37.2 Å². The van der Waals surface area contributed by atoms with Gasteiger partial charge in [-0.25, -0.2) is 0 Å². The van der Waals surface area contributed by atoms with E-state index in [0.717, 1.165) is 31.3 Å². The van der Waals surface area contributed by atoms with Crippen molar-refractivity contribution < 1.29 is 47.5 Å². The third-order valence-corrected chi connectivity index (χ3v) is 12.8. The highest BCUT2D eigenvalue weighted by molar-refractivity contribution is 5.99. The molecule has 3 aliphatic heterocycles. The number of azide groups is 1. The van der Waals surface area contributed by atoms with E-state index in [0.29, 0.717) is 25.7 Å². The monoisotopic (exact) mass is 729 g/mol. The predicted molar refractivity (Wildman–Crippen MR) is 190 cm³/mol. The van der Waals surface area contributed by atoms with Crippen molar-refractivity contribution in [1.29, 1.82) is 0 Å². The quantitative estimate of drug-likeness (QED) is 0.0876. The first kappa shape index (κ1) is 39.3. The van der Waals surface area contributed by atoms with Crippen molar-refractivity contribution in [2.45, 2.75) is 153 Å². The molecule has 290 valence electrons. The van der Waals surface area contributed by atoms with E-state index < -0.39 is 24.6 Å². The van der Waals surface area contributed by atoms with Crippen LogP contribution in [0.15, 0.2) is 28.9 Å². The van der Waals surface area contributed by atoms with Crippen molar-refractivity contribution in [3.8, 4) is 0 Å². The van der Waals surface area contributed by atoms with Gasteiger partial charge >= 0.3 is 5.97 Å². The molecular weight excluding hydrogens is 670 g/mol. The summed E-state index contributed by atoms with van der Waals surface area (Å²) in [5.41, 5.74) is 9.66. The lowest BCUT2D eigenvalue weighted by atomic mass is 9.70. The zero-order valence-electron chi connectivity index (χ0n) is 31.8. The second-order valence-electron chi connectivity index (χ2n) is 15.7. The maximum absolute atomic E-state index is 14.6. The molecule has 0 bridgehead atoms. The normalized spacial score (nSPS) is 45.4. The number of methoxy groups -OCH3 is 3. The Morgan fingerprint density at radius 1 is 0.885 bits per heavy atom. The number of carbonyl (C=O) groups is 2. The highest BCUT2D eigenvalue weighted by Crippen LogP contribution is 2.54. The van der Waals surface area contributed by atoms with Crippen LogP contribution in [0.1, 0.15) is 85.5 Å². The number of cyclic esters (lactones) is 1. The molecule has 13 heteroatoms. The maximum Gasteiger partial charge on any atom is 0.306 e. The van der Waals surface area contributed by atoms with E-state index in [1.165, 1.54) is 0 Å². The minimum Gasteiger partial charge on any atom is -0.462 e. The van der Waals surface area contributed by atoms with Gasteiger partial charge in [0.2, 0.25) is 0 Å². The fraction of sp³-hybridized carbons (Fsp3) is 0.846. The summed E-state index contributed by atoms with van der Waals surface area (Å²) in [6.07, 6.45) is 9.23. The second kappa shape index (κ2) is 17.4. The van der Waals surface area contributed by atoms with Crippen LogP contribution >= 0.6 is 0 Å². The van der Waals surface area contributed by atoms with Gasteiger partial charge in [-0.3, -0.25) is 9.59 Å². The van der Waals surface area contributed by atoms with Crippen LogP contribution in [-0.2, 0) is 47.5 Å². The highest BCUT2D eigenvalue weighted by atomic mass is 16.7. The molecule has 1 saturated carbocycles. The zero-order chi connectivity index (χ0) is 37.1. The van der Waals surface area contributed by atoms with E-state index in [9.17, 15) is 9.59 Å². The highest BCUT2D eigenvalue weighted by Gasteiger charge is 2.52. The number of ketones is 1. The van der Waals surface area contributed by atoms with Gasteiger partial charge in [0.1, 0.15) is 24.4 Å². The van der Waals surface area contributed by atoms with Crippen LogP contribution in [-0.4, -0.2) is 101 Å². The Morgan fingerprint density at radius 2 is 1.65 bits per heavy atom. The van der Waals surface area contributed by atoms with Gasteiger partial charge in [0.25, 0.3) is 0 Å². The van der Waals surface area contributed by atoms with Gasteiger partial charge in [-0.15, -0.1) is 0 Å². The third kappa shape index (κ3) is 8.17. The summed E-state index contributed by atoms with van der Waals surface area (Å²) in [6, 6.07) is -0.240. The van der Waals surface area contributed by atoms with Crippen LogP contribution in [0.2, 0.25) is 0 Å². The molecule has 0 aromatic rings. The summed E-state index contributed by atoms with van der Waals surface area (Å²) in [5, 5.41) is 3.88. The van der Waals surface area contributed by atoms with Crippen LogP contribution < -0.4 is 0 Å². The van der Waals surface area contributed by atoms with E-state index in [1.807, 2.05) is 27.7 Å². The summed E-state index contributed by atoms with van der Waals surface area (Å²) in [5.74, 6) is -0.287. The van der Waals surface area contributed by atoms with E-state index in [1.54, 1.807) is 21.3 Å². The SMILES string of the molecule is CC[C@H]1CCC[C@H](O[C@H]2CC[C@@H](N=[N+]=[N-])[C@@H](C)O2)[C@@H](C)C(=O)C2=C[C@@H]3[C@@H](C=C[C@@H]4C[C@@H](O[C@@H]5O[C@@H](C)[C@H](OC)[C@@H](OC)[C@H]5OC)C[C@@H]34)[C@@H]2CC(=O)O1. The molecule has 6 aliphatic rings. The Hall–Kier alpha value is -2.35. The topological polar surface area (TPSA) is 157 Å². The Bertz CT molecular complexity index is 1370. The first-order chi connectivity index (χ1) is 25.1. The van der Waals surface area contributed by atoms with E-state index >= 15 is 0 Å². The van der Waals surface area contributed by atoms with Crippen LogP contribution in [0.4, 0.5) is 0 Å². The largest absolute Gasteiger partial charge is 0.462 e. The molecule has 0 aromatic heterocycles. The van der Waals surface area contributed by atoms with Gasteiger partial charge in [0.05, 0.1) is 36.9 Å². The number of esters is 1. The lowest BCUT2D eigenvalue weighted by molar-refractivity contribution is -0.314. The molecule has 6 rings (SSSR count). The van der Waals surface area contributed by atoms with Crippen LogP contribution in [0, 0.1) is 35.5 Å². The van der Waals surface area contributed by atoms with Gasteiger partial charge < -0.3 is 37.9 Å². The first-order valence-corrected chi connectivity index (χ1v) is 19.5. The molecule has 0 spiro atoms. The number of allylic oxidation sites excluding steroid dienone is 4.